The molecule has 0 amide bonds. The van der Waals surface area contributed by atoms with Gasteiger partial charge in [-0.2, -0.15) is 0 Å². The lowest BCUT2D eigenvalue weighted by Gasteiger charge is -2.49. The Labute approximate surface area is 283 Å². The first-order valence-corrected chi connectivity index (χ1v) is 17.3. The zero-order valence-electron chi connectivity index (χ0n) is 26.2. The molecule has 4 heteroatoms. The summed E-state index contributed by atoms with van der Waals surface area (Å²) in [6.45, 7) is 0.500. The average molecular weight is 634 g/mol. The van der Waals surface area contributed by atoms with E-state index in [9.17, 15) is 0 Å². The van der Waals surface area contributed by atoms with E-state index in [0.717, 1.165) is 16.9 Å². The standard InChI is InChI=1S/C44H31N3S/c45-28-29-13-12-16-31(27-29)47-38-21-8-4-17-32(38)33-25-26-37-43(42(33)47)48-41-24-11-7-20-36(41)44(37)34-18-5-9-22-39(34)46(30-14-2-1-3-15-30)40-23-10-6-19-35(40)44/h1-27H,28,45H2. The fourth-order valence-electron chi connectivity index (χ4n) is 8.32. The molecule has 0 saturated carbocycles. The molecule has 0 fully saturated rings. The van der Waals surface area contributed by atoms with Gasteiger partial charge in [0.1, 0.15) is 0 Å². The molecule has 3 nitrogen and oxygen atoms in total. The van der Waals surface area contributed by atoms with E-state index in [2.05, 4.69) is 173 Å². The van der Waals surface area contributed by atoms with E-state index in [1.807, 2.05) is 11.8 Å². The van der Waals surface area contributed by atoms with E-state index >= 15 is 0 Å². The van der Waals surface area contributed by atoms with E-state index < -0.39 is 5.41 Å². The molecule has 10 rings (SSSR count). The van der Waals surface area contributed by atoms with Gasteiger partial charge >= 0.3 is 0 Å². The van der Waals surface area contributed by atoms with Gasteiger partial charge < -0.3 is 15.2 Å². The first-order valence-electron chi connectivity index (χ1n) is 16.5. The van der Waals surface area contributed by atoms with Gasteiger partial charge in [-0.3, -0.25) is 0 Å². The normalized spacial score (nSPS) is 14.1. The van der Waals surface area contributed by atoms with Crippen LogP contribution in [0.5, 0.6) is 0 Å². The Morgan fingerprint density at radius 1 is 0.521 bits per heavy atom. The zero-order chi connectivity index (χ0) is 31.8. The van der Waals surface area contributed by atoms with Crippen LogP contribution in [0.15, 0.2) is 174 Å². The minimum absolute atomic E-state index is 0.500. The van der Waals surface area contributed by atoms with Crippen LogP contribution in [0.2, 0.25) is 0 Å². The molecule has 0 atom stereocenters. The van der Waals surface area contributed by atoms with E-state index in [1.165, 1.54) is 65.2 Å². The summed E-state index contributed by atoms with van der Waals surface area (Å²) < 4.78 is 2.47. The highest BCUT2D eigenvalue weighted by Crippen LogP contribution is 2.63. The molecule has 2 N–H and O–H groups in total. The summed E-state index contributed by atoms with van der Waals surface area (Å²) in [4.78, 5) is 5.01. The molecule has 1 spiro atoms. The van der Waals surface area contributed by atoms with Gasteiger partial charge in [-0.15, -0.1) is 0 Å². The van der Waals surface area contributed by atoms with Gasteiger partial charge in [-0.1, -0.05) is 127 Å². The van der Waals surface area contributed by atoms with Crippen molar-refractivity contribution in [1.29, 1.82) is 0 Å². The minimum Gasteiger partial charge on any atom is -0.326 e. The summed E-state index contributed by atoms with van der Waals surface area (Å²) >= 11 is 1.90. The molecule has 0 radical (unpaired) electrons. The van der Waals surface area contributed by atoms with Gasteiger partial charge in [0.2, 0.25) is 0 Å². The summed E-state index contributed by atoms with van der Waals surface area (Å²) in [5.74, 6) is 0. The molecule has 2 aliphatic rings. The summed E-state index contributed by atoms with van der Waals surface area (Å²) in [5, 5.41) is 2.51. The lowest BCUT2D eigenvalue weighted by atomic mass is 9.62. The van der Waals surface area contributed by atoms with Crippen molar-refractivity contribution in [3.05, 3.63) is 192 Å². The largest absolute Gasteiger partial charge is 0.326 e. The van der Waals surface area contributed by atoms with Crippen molar-refractivity contribution in [2.45, 2.75) is 21.8 Å². The number of aromatic nitrogens is 1. The Balaban J connectivity index is 1.39. The lowest BCUT2D eigenvalue weighted by molar-refractivity contribution is 0.694. The Bertz CT molecular complexity index is 2500. The Hall–Kier alpha value is -5.55. The monoisotopic (exact) mass is 633 g/mol. The number of benzene rings is 7. The number of nitrogens with zero attached hydrogens (tertiary/aromatic N) is 2. The molecule has 8 aromatic rings. The maximum Gasteiger partial charge on any atom is 0.0764 e. The molecule has 0 saturated heterocycles. The van der Waals surface area contributed by atoms with Crippen molar-refractivity contribution in [1.82, 2.24) is 4.57 Å². The van der Waals surface area contributed by atoms with Crippen LogP contribution in [0.4, 0.5) is 17.1 Å². The third kappa shape index (κ3) is 3.64. The SMILES string of the molecule is NCc1cccc(-n2c3ccccc3c3ccc4c(c32)Sc2ccccc2C42c3ccccc3N(c3ccccc3)c3ccccc32)c1. The second-order valence-corrected chi connectivity index (χ2v) is 13.7. The van der Waals surface area contributed by atoms with Gasteiger partial charge in [0.15, 0.2) is 0 Å². The maximum absolute atomic E-state index is 6.18. The summed E-state index contributed by atoms with van der Waals surface area (Å²) in [7, 11) is 0. The first-order chi connectivity index (χ1) is 23.8. The first kappa shape index (κ1) is 27.6. The van der Waals surface area contributed by atoms with Crippen LogP contribution < -0.4 is 10.6 Å². The minimum atomic E-state index is -0.537. The molecule has 2 aliphatic heterocycles. The highest BCUT2D eigenvalue weighted by atomic mass is 32.2. The predicted octanol–water partition coefficient (Wildman–Crippen LogP) is 10.9. The van der Waals surface area contributed by atoms with Crippen molar-refractivity contribution >= 4 is 50.6 Å². The summed E-state index contributed by atoms with van der Waals surface area (Å²) in [6, 6.07) is 60.1. The Kier molecular flexibility index (Phi) is 6.01. The second kappa shape index (κ2) is 10.5. The number of rotatable bonds is 3. The van der Waals surface area contributed by atoms with Crippen molar-refractivity contribution in [2.75, 3.05) is 4.90 Å². The lowest BCUT2D eigenvalue weighted by Crippen LogP contribution is -2.39. The highest BCUT2D eigenvalue weighted by Gasteiger charge is 2.50. The average Bonchev–Trinajstić information content (AvgIpc) is 3.50. The van der Waals surface area contributed by atoms with Gasteiger partial charge in [-0.25, -0.2) is 0 Å². The van der Waals surface area contributed by atoms with Gasteiger partial charge in [0.05, 0.1) is 27.8 Å². The quantitative estimate of drug-likeness (QED) is 0.210. The van der Waals surface area contributed by atoms with E-state index in [0.29, 0.717) is 6.54 Å². The Morgan fingerprint density at radius 2 is 1.17 bits per heavy atom. The van der Waals surface area contributed by atoms with Crippen LogP contribution in [0, 0.1) is 0 Å². The molecule has 1 aromatic heterocycles. The number of fused-ring (bicyclic) bond motifs is 12. The Morgan fingerprint density at radius 3 is 1.94 bits per heavy atom. The van der Waals surface area contributed by atoms with Crippen LogP contribution in [-0.4, -0.2) is 4.57 Å². The molecule has 0 bridgehead atoms. The van der Waals surface area contributed by atoms with Crippen LogP contribution in [-0.2, 0) is 12.0 Å². The number of anilines is 3. The maximum atomic E-state index is 6.18. The predicted molar refractivity (Wildman–Crippen MR) is 199 cm³/mol. The summed E-state index contributed by atoms with van der Waals surface area (Å²) in [6.07, 6.45) is 0. The molecule has 48 heavy (non-hydrogen) atoms. The highest BCUT2D eigenvalue weighted by molar-refractivity contribution is 7.99. The number of hydrogen-bond donors (Lipinski definition) is 1. The van der Waals surface area contributed by atoms with Crippen molar-refractivity contribution in [3.8, 4) is 5.69 Å². The van der Waals surface area contributed by atoms with Crippen molar-refractivity contribution in [3.63, 3.8) is 0 Å². The molecule has 0 unspecified atom stereocenters. The number of hydrogen-bond acceptors (Lipinski definition) is 3. The van der Waals surface area contributed by atoms with Gasteiger partial charge in [0.25, 0.3) is 0 Å². The van der Waals surface area contributed by atoms with E-state index in [4.69, 9.17) is 5.73 Å². The number of nitrogens with two attached hydrogens (primary N) is 1. The number of para-hydroxylation sites is 4. The van der Waals surface area contributed by atoms with Crippen molar-refractivity contribution in [2.24, 2.45) is 5.73 Å². The molecule has 0 aliphatic carbocycles. The van der Waals surface area contributed by atoms with Crippen LogP contribution in [0.3, 0.4) is 0 Å². The topological polar surface area (TPSA) is 34.2 Å². The third-order valence-electron chi connectivity index (χ3n) is 10.2. The summed E-state index contributed by atoms with van der Waals surface area (Å²) in [5.41, 5.74) is 19.1. The second-order valence-electron chi connectivity index (χ2n) is 12.6. The van der Waals surface area contributed by atoms with E-state index in [-0.39, 0.29) is 0 Å². The van der Waals surface area contributed by atoms with E-state index in [1.54, 1.807) is 0 Å². The molecular formula is C44H31N3S. The van der Waals surface area contributed by atoms with Gasteiger partial charge in [0, 0.05) is 38.5 Å². The van der Waals surface area contributed by atoms with Crippen molar-refractivity contribution < 1.29 is 0 Å². The fourth-order valence-corrected chi connectivity index (χ4v) is 9.65. The fraction of sp³-hybridized carbons (Fsp3) is 0.0455. The van der Waals surface area contributed by atoms with Crippen LogP contribution in [0.1, 0.15) is 27.8 Å². The molecule has 228 valence electrons. The zero-order valence-corrected chi connectivity index (χ0v) is 27.0. The molecular weight excluding hydrogens is 603 g/mol. The molecule has 3 heterocycles. The molecule has 7 aromatic carbocycles. The third-order valence-corrected chi connectivity index (χ3v) is 11.4. The smallest absolute Gasteiger partial charge is 0.0764 e. The van der Waals surface area contributed by atoms with Gasteiger partial charge in [-0.05, 0) is 76.3 Å². The van der Waals surface area contributed by atoms with Crippen LogP contribution >= 0.6 is 11.8 Å². The van der Waals surface area contributed by atoms with Crippen LogP contribution in [0.25, 0.3) is 27.5 Å².